The van der Waals surface area contributed by atoms with Crippen LogP contribution < -0.4 is 10.6 Å². The van der Waals surface area contributed by atoms with Gasteiger partial charge in [0.15, 0.2) is 0 Å². The summed E-state index contributed by atoms with van der Waals surface area (Å²) in [6.45, 7) is 0.832. The largest absolute Gasteiger partial charge is 0.465 e. The Morgan fingerprint density at radius 1 is 1.09 bits per heavy atom. The van der Waals surface area contributed by atoms with E-state index in [0.29, 0.717) is 42.1 Å². The molecule has 1 atom stereocenters. The minimum absolute atomic E-state index is 0.175. The van der Waals surface area contributed by atoms with Crippen molar-refractivity contribution in [2.75, 3.05) is 20.2 Å². The molecule has 2 saturated heterocycles. The molecule has 33 heavy (non-hydrogen) atoms. The molecule has 0 aliphatic carbocycles. The molecular weight excluding hydrogens is 446 g/mol. The minimum atomic E-state index is -1.12. The summed E-state index contributed by atoms with van der Waals surface area (Å²) in [4.78, 5) is 51.5. The molecule has 4 amide bonds. The predicted molar refractivity (Wildman–Crippen MR) is 121 cm³/mol. The monoisotopic (exact) mass is 469 g/mol. The number of benzene rings is 2. The Bertz CT molecular complexity index is 1110. The summed E-state index contributed by atoms with van der Waals surface area (Å²) in [7, 11) is 1.29. The second-order valence-electron chi connectivity index (χ2n) is 8.29. The Labute approximate surface area is 196 Å². The van der Waals surface area contributed by atoms with Gasteiger partial charge in [0.1, 0.15) is 5.54 Å². The first-order valence-electron chi connectivity index (χ1n) is 10.7. The highest BCUT2D eigenvalue weighted by atomic mass is 35.5. The molecule has 2 aromatic rings. The van der Waals surface area contributed by atoms with Gasteiger partial charge in [-0.25, -0.2) is 9.59 Å². The first-order chi connectivity index (χ1) is 15.8. The van der Waals surface area contributed by atoms with Gasteiger partial charge in [-0.1, -0.05) is 35.9 Å². The number of nitrogens with one attached hydrogen (secondary N) is 2. The number of likely N-dealkylation sites (tertiary alicyclic amines) is 1. The number of esters is 1. The summed E-state index contributed by atoms with van der Waals surface area (Å²) in [6, 6.07) is 13.1. The SMILES string of the molecule is COC(=O)c1cccc(C(=O)N2CCC([C@@]3(Cc4ccccc4Cl)NC(=O)NC3=O)CC2)c1. The van der Waals surface area contributed by atoms with Gasteiger partial charge in [-0.05, 0) is 48.6 Å². The lowest BCUT2D eigenvalue weighted by Gasteiger charge is -2.41. The van der Waals surface area contributed by atoms with Crippen LogP contribution in [-0.2, 0) is 16.0 Å². The maximum Gasteiger partial charge on any atom is 0.337 e. The highest BCUT2D eigenvalue weighted by Gasteiger charge is 2.52. The molecule has 2 N–H and O–H groups in total. The van der Waals surface area contributed by atoms with Crippen LogP contribution >= 0.6 is 11.6 Å². The van der Waals surface area contributed by atoms with Crippen molar-refractivity contribution < 1.29 is 23.9 Å². The molecule has 2 aliphatic heterocycles. The van der Waals surface area contributed by atoms with Crippen LogP contribution in [0.2, 0.25) is 5.02 Å². The predicted octanol–water partition coefficient (Wildman–Crippen LogP) is 2.80. The molecule has 0 unspecified atom stereocenters. The second-order valence-corrected chi connectivity index (χ2v) is 8.69. The third-order valence-electron chi connectivity index (χ3n) is 6.41. The third-order valence-corrected chi connectivity index (χ3v) is 6.77. The summed E-state index contributed by atoms with van der Waals surface area (Å²) < 4.78 is 4.73. The van der Waals surface area contributed by atoms with Gasteiger partial charge in [0.25, 0.3) is 11.8 Å². The number of halogens is 1. The standard InChI is InChI=1S/C24H24ClN3O5/c1-33-21(30)16-7-4-6-15(13-16)20(29)28-11-9-18(10-12-28)24(22(31)26-23(32)27-24)14-17-5-2-3-8-19(17)25/h2-8,13,18H,9-12,14H2,1H3,(H2,26,27,31,32)/t24-/m1/s1. The molecule has 2 aromatic carbocycles. The zero-order valence-electron chi connectivity index (χ0n) is 18.1. The molecule has 0 aromatic heterocycles. The van der Waals surface area contributed by atoms with Crippen LogP contribution in [-0.4, -0.2) is 54.5 Å². The van der Waals surface area contributed by atoms with E-state index < -0.39 is 17.5 Å². The Balaban J connectivity index is 1.51. The smallest absolute Gasteiger partial charge is 0.337 e. The molecule has 0 saturated carbocycles. The molecule has 0 bridgehead atoms. The fourth-order valence-corrected chi connectivity index (χ4v) is 4.86. The number of ether oxygens (including phenoxy) is 1. The van der Waals surface area contributed by atoms with Crippen molar-refractivity contribution >= 4 is 35.4 Å². The van der Waals surface area contributed by atoms with Crippen molar-refractivity contribution in [1.82, 2.24) is 15.5 Å². The number of carbonyl (C=O) groups is 4. The van der Waals surface area contributed by atoms with Crippen LogP contribution in [0.25, 0.3) is 0 Å². The number of imide groups is 1. The zero-order chi connectivity index (χ0) is 23.6. The topological polar surface area (TPSA) is 105 Å². The lowest BCUT2D eigenvalue weighted by atomic mass is 9.74. The van der Waals surface area contributed by atoms with Crippen molar-refractivity contribution in [3.05, 3.63) is 70.2 Å². The molecule has 9 heteroatoms. The van der Waals surface area contributed by atoms with Crippen LogP contribution in [0.1, 0.15) is 39.1 Å². The summed E-state index contributed by atoms with van der Waals surface area (Å²) in [5.74, 6) is -1.25. The molecule has 0 radical (unpaired) electrons. The quantitative estimate of drug-likeness (QED) is 0.517. The molecule has 172 valence electrons. The number of hydrogen-bond donors (Lipinski definition) is 2. The van der Waals surface area contributed by atoms with E-state index >= 15 is 0 Å². The first kappa shape index (κ1) is 22.8. The molecule has 0 spiro atoms. The normalized spacial score (nSPS) is 20.8. The average Bonchev–Trinajstić information content (AvgIpc) is 3.13. The van der Waals surface area contributed by atoms with E-state index in [4.69, 9.17) is 16.3 Å². The molecule has 2 aliphatic rings. The fraction of sp³-hybridized carbons (Fsp3) is 0.333. The molecular formula is C24H24ClN3O5. The van der Waals surface area contributed by atoms with E-state index in [9.17, 15) is 19.2 Å². The fourth-order valence-electron chi connectivity index (χ4n) is 4.66. The number of methoxy groups -OCH3 is 1. The number of hydrogen-bond acceptors (Lipinski definition) is 5. The van der Waals surface area contributed by atoms with Crippen molar-refractivity contribution in [3.8, 4) is 0 Å². The number of carbonyl (C=O) groups excluding carboxylic acids is 4. The van der Waals surface area contributed by atoms with Gasteiger partial charge in [0.2, 0.25) is 0 Å². The number of amides is 4. The first-order valence-corrected chi connectivity index (χ1v) is 11.1. The summed E-state index contributed by atoms with van der Waals surface area (Å²) in [5, 5.41) is 5.75. The van der Waals surface area contributed by atoms with Gasteiger partial charge in [-0.3, -0.25) is 14.9 Å². The molecule has 4 rings (SSSR count). The number of piperidine rings is 1. The highest BCUT2D eigenvalue weighted by Crippen LogP contribution is 2.35. The van der Waals surface area contributed by atoms with Gasteiger partial charge >= 0.3 is 12.0 Å². The Kier molecular flexibility index (Phi) is 6.37. The van der Waals surface area contributed by atoms with Crippen molar-refractivity contribution in [2.45, 2.75) is 24.8 Å². The molecule has 8 nitrogen and oxygen atoms in total. The van der Waals surface area contributed by atoms with Crippen molar-refractivity contribution in [1.29, 1.82) is 0 Å². The van der Waals surface area contributed by atoms with Crippen LogP contribution in [0.4, 0.5) is 4.79 Å². The number of rotatable bonds is 5. The van der Waals surface area contributed by atoms with Gasteiger partial charge in [0.05, 0.1) is 12.7 Å². The maximum absolute atomic E-state index is 13.0. The van der Waals surface area contributed by atoms with E-state index in [-0.39, 0.29) is 24.2 Å². The van der Waals surface area contributed by atoms with E-state index in [2.05, 4.69) is 10.6 Å². The summed E-state index contributed by atoms with van der Waals surface area (Å²) >= 11 is 6.34. The van der Waals surface area contributed by atoms with Gasteiger partial charge < -0.3 is 15.0 Å². The zero-order valence-corrected chi connectivity index (χ0v) is 18.9. The minimum Gasteiger partial charge on any atom is -0.465 e. The van der Waals surface area contributed by atoms with Crippen LogP contribution in [0.3, 0.4) is 0 Å². The summed E-state index contributed by atoms with van der Waals surface area (Å²) in [5.41, 5.74) is 0.355. The Morgan fingerprint density at radius 2 is 1.79 bits per heavy atom. The Hall–Kier alpha value is -3.39. The van der Waals surface area contributed by atoms with Crippen LogP contribution in [0, 0.1) is 5.92 Å². The van der Waals surface area contributed by atoms with Crippen molar-refractivity contribution in [2.24, 2.45) is 5.92 Å². The van der Waals surface area contributed by atoms with Crippen molar-refractivity contribution in [3.63, 3.8) is 0 Å². The number of urea groups is 1. The molecule has 2 heterocycles. The van der Waals surface area contributed by atoms with Gasteiger partial charge in [-0.15, -0.1) is 0 Å². The van der Waals surface area contributed by atoms with E-state index in [1.807, 2.05) is 18.2 Å². The molecule has 2 fully saturated rings. The van der Waals surface area contributed by atoms with Gasteiger partial charge in [-0.2, -0.15) is 0 Å². The van der Waals surface area contributed by atoms with E-state index in [1.54, 1.807) is 29.2 Å². The lowest BCUT2D eigenvalue weighted by Crippen LogP contribution is -2.58. The Morgan fingerprint density at radius 3 is 2.42 bits per heavy atom. The number of nitrogens with zero attached hydrogens (tertiary/aromatic N) is 1. The highest BCUT2D eigenvalue weighted by molar-refractivity contribution is 6.31. The van der Waals surface area contributed by atoms with E-state index in [0.717, 1.165) is 5.56 Å². The van der Waals surface area contributed by atoms with Gasteiger partial charge in [0, 0.05) is 30.1 Å². The lowest BCUT2D eigenvalue weighted by molar-refractivity contribution is -0.126. The average molecular weight is 470 g/mol. The van der Waals surface area contributed by atoms with Crippen LogP contribution in [0.5, 0.6) is 0 Å². The third kappa shape index (κ3) is 4.43. The maximum atomic E-state index is 13.0. The van der Waals surface area contributed by atoms with E-state index in [1.165, 1.54) is 13.2 Å². The van der Waals surface area contributed by atoms with Crippen LogP contribution in [0.15, 0.2) is 48.5 Å². The second kappa shape index (κ2) is 9.23. The summed E-state index contributed by atoms with van der Waals surface area (Å²) in [6.07, 6.45) is 1.32.